The molecule has 0 atom stereocenters. The van der Waals surface area contributed by atoms with Gasteiger partial charge in [0.15, 0.2) is 1.37 Å². The van der Waals surface area contributed by atoms with Gasteiger partial charge in [0.25, 0.3) is 0 Å². The lowest BCUT2D eigenvalue weighted by Crippen LogP contribution is -2.10. The average molecular weight is 311 g/mol. The van der Waals surface area contributed by atoms with Gasteiger partial charge in [-0.25, -0.2) is 4.68 Å². The number of benzene rings is 1. The highest BCUT2D eigenvalue weighted by Gasteiger charge is 2.22. The molecule has 0 amide bonds. The number of hydrogen-bond acceptors (Lipinski definition) is 5. The van der Waals surface area contributed by atoms with Crippen LogP contribution in [0.1, 0.15) is 12.6 Å². The SMILES string of the molecule is [2H]C(F)(F)Oc1cc(-n2cc3c(n2)CN(C)C3)ccc1[N+](=O)[O-]. The summed E-state index contributed by atoms with van der Waals surface area (Å²) in [7, 11) is 1.94. The molecular weight excluding hydrogens is 298 g/mol. The van der Waals surface area contributed by atoms with Crippen molar-refractivity contribution in [3.63, 3.8) is 0 Å². The summed E-state index contributed by atoms with van der Waals surface area (Å²) in [6, 6.07) is 3.51. The molecular formula is C13H12F2N4O3. The molecule has 3 rings (SSSR count). The average Bonchev–Trinajstić information content (AvgIpc) is 2.93. The lowest BCUT2D eigenvalue weighted by atomic mass is 10.2. The van der Waals surface area contributed by atoms with E-state index in [0.717, 1.165) is 29.9 Å². The summed E-state index contributed by atoms with van der Waals surface area (Å²) >= 11 is 0. The Bertz CT molecular complexity index is 752. The molecule has 0 spiro atoms. The molecule has 1 aliphatic heterocycles. The fraction of sp³-hybridized carbons (Fsp3) is 0.308. The zero-order chi connectivity index (χ0) is 16.8. The third-order valence-corrected chi connectivity index (χ3v) is 3.33. The molecule has 0 radical (unpaired) electrons. The topological polar surface area (TPSA) is 73.4 Å². The number of rotatable bonds is 4. The van der Waals surface area contributed by atoms with E-state index in [1.807, 2.05) is 7.05 Å². The molecule has 0 aliphatic carbocycles. The zero-order valence-electron chi connectivity index (χ0n) is 12.5. The summed E-state index contributed by atoms with van der Waals surface area (Å²) < 4.78 is 37.5. The van der Waals surface area contributed by atoms with E-state index in [-0.39, 0.29) is 0 Å². The largest absolute Gasteiger partial charge is 0.427 e. The van der Waals surface area contributed by atoms with Crippen molar-refractivity contribution in [2.45, 2.75) is 19.7 Å². The van der Waals surface area contributed by atoms with Gasteiger partial charge in [0.05, 0.1) is 16.3 Å². The predicted molar refractivity (Wildman–Crippen MR) is 72.0 cm³/mol. The summed E-state index contributed by atoms with van der Waals surface area (Å²) in [4.78, 5) is 12.1. The van der Waals surface area contributed by atoms with Crippen molar-refractivity contribution in [3.8, 4) is 11.4 Å². The number of alkyl halides is 2. The van der Waals surface area contributed by atoms with Crippen LogP contribution in [0.15, 0.2) is 24.4 Å². The van der Waals surface area contributed by atoms with E-state index in [4.69, 9.17) is 1.37 Å². The number of hydrogen-bond donors (Lipinski definition) is 0. The maximum atomic E-state index is 12.8. The Kier molecular flexibility index (Phi) is 3.19. The Hall–Kier alpha value is -2.55. The maximum absolute atomic E-state index is 12.8. The zero-order valence-corrected chi connectivity index (χ0v) is 11.5. The Morgan fingerprint density at radius 2 is 2.27 bits per heavy atom. The van der Waals surface area contributed by atoms with Gasteiger partial charge >= 0.3 is 12.3 Å². The second kappa shape index (κ2) is 5.34. The number of halogens is 2. The molecule has 2 aromatic rings. The van der Waals surface area contributed by atoms with Crippen molar-refractivity contribution in [2.75, 3.05) is 7.05 Å². The normalized spacial score (nSPS) is 15.5. The van der Waals surface area contributed by atoms with Crippen LogP contribution in [0, 0.1) is 10.1 Å². The minimum absolute atomic E-state index is 0.340. The van der Waals surface area contributed by atoms with Crippen LogP contribution in [0.2, 0.25) is 0 Å². The number of nitro benzene ring substituents is 1. The van der Waals surface area contributed by atoms with E-state index in [0.29, 0.717) is 12.2 Å². The fourth-order valence-corrected chi connectivity index (χ4v) is 2.41. The number of fused-ring (bicyclic) bond motifs is 1. The Balaban J connectivity index is 1.99. The molecule has 9 heteroatoms. The Morgan fingerprint density at radius 3 is 2.91 bits per heavy atom. The minimum Gasteiger partial charge on any atom is -0.427 e. The number of aromatic nitrogens is 2. The van der Waals surface area contributed by atoms with Gasteiger partial charge in [-0.15, -0.1) is 0 Å². The van der Waals surface area contributed by atoms with Crippen LogP contribution in [0.4, 0.5) is 14.5 Å². The van der Waals surface area contributed by atoms with E-state index >= 15 is 0 Å². The monoisotopic (exact) mass is 311 g/mol. The van der Waals surface area contributed by atoms with Crippen LogP contribution >= 0.6 is 0 Å². The molecule has 1 aromatic heterocycles. The van der Waals surface area contributed by atoms with E-state index in [2.05, 4.69) is 14.7 Å². The number of ether oxygens (including phenoxy) is 1. The third kappa shape index (κ3) is 2.62. The molecule has 7 nitrogen and oxygen atoms in total. The molecule has 0 bridgehead atoms. The van der Waals surface area contributed by atoms with Crippen LogP contribution in [0.25, 0.3) is 5.69 Å². The van der Waals surface area contributed by atoms with Crippen LogP contribution in [-0.2, 0) is 13.1 Å². The van der Waals surface area contributed by atoms with E-state index in [1.165, 1.54) is 10.7 Å². The minimum atomic E-state index is -4.27. The highest BCUT2D eigenvalue weighted by Crippen LogP contribution is 2.31. The molecule has 1 aliphatic rings. The lowest BCUT2D eigenvalue weighted by Gasteiger charge is -2.09. The first-order valence-corrected chi connectivity index (χ1v) is 6.34. The van der Waals surface area contributed by atoms with Gasteiger partial charge in [-0.05, 0) is 13.1 Å². The maximum Gasteiger partial charge on any atom is 0.387 e. The molecule has 0 saturated carbocycles. The molecule has 2 heterocycles. The molecule has 0 fully saturated rings. The molecule has 0 N–H and O–H groups in total. The lowest BCUT2D eigenvalue weighted by molar-refractivity contribution is -0.386. The first kappa shape index (κ1) is 13.1. The Labute approximate surface area is 125 Å². The molecule has 22 heavy (non-hydrogen) atoms. The van der Waals surface area contributed by atoms with E-state index in [1.54, 1.807) is 6.20 Å². The summed E-state index contributed by atoms with van der Waals surface area (Å²) in [5.74, 6) is -0.680. The van der Waals surface area contributed by atoms with E-state index < -0.39 is 22.9 Å². The van der Waals surface area contributed by atoms with Gasteiger partial charge in [0, 0.05) is 37.0 Å². The standard InChI is InChI=1S/C13H12F2N4O3/c1-17-5-8-6-18(16-10(8)7-17)9-2-3-11(19(20)21)12(4-9)22-13(14)15/h2-4,6,13H,5,7H2,1H3/i13D. The molecule has 116 valence electrons. The highest BCUT2D eigenvalue weighted by molar-refractivity contribution is 5.53. The van der Waals surface area contributed by atoms with Gasteiger partial charge in [-0.1, -0.05) is 0 Å². The predicted octanol–water partition coefficient (Wildman–Crippen LogP) is 2.33. The first-order valence-electron chi connectivity index (χ1n) is 6.84. The summed E-state index contributed by atoms with van der Waals surface area (Å²) in [5, 5.41) is 15.2. The van der Waals surface area contributed by atoms with Crippen molar-refractivity contribution in [3.05, 3.63) is 45.8 Å². The van der Waals surface area contributed by atoms with Crippen LogP contribution in [0.5, 0.6) is 5.75 Å². The second-order valence-electron chi connectivity index (χ2n) is 4.95. The molecule has 0 saturated heterocycles. The summed E-state index contributed by atoms with van der Waals surface area (Å²) in [5.41, 5.74) is 1.56. The van der Waals surface area contributed by atoms with Crippen molar-refractivity contribution in [1.29, 1.82) is 0 Å². The third-order valence-electron chi connectivity index (χ3n) is 3.33. The summed E-state index contributed by atoms with van der Waals surface area (Å²) in [6.45, 7) is -2.88. The second-order valence-corrected chi connectivity index (χ2v) is 4.95. The number of nitro groups is 1. The fourth-order valence-electron chi connectivity index (χ4n) is 2.41. The van der Waals surface area contributed by atoms with Crippen LogP contribution < -0.4 is 4.74 Å². The summed E-state index contributed by atoms with van der Waals surface area (Å²) in [6.07, 6.45) is 1.74. The van der Waals surface area contributed by atoms with Crippen molar-refractivity contribution < 1.29 is 19.8 Å². The van der Waals surface area contributed by atoms with Gasteiger partial charge in [0.2, 0.25) is 5.75 Å². The van der Waals surface area contributed by atoms with Crippen molar-refractivity contribution >= 4 is 5.69 Å². The highest BCUT2D eigenvalue weighted by atomic mass is 19.3. The van der Waals surface area contributed by atoms with Gasteiger partial charge in [-0.2, -0.15) is 13.9 Å². The van der Waals surface area contributed by atoms with E-state index in [9.17, 15) is 18.9 Å². The smallest absolute Gasteiger partial charge is 0.387 e. The first-order chi connectivity index (χ1) is 10.7. The molecule has 1 aromatic carbocycles. The van der Waals surface area contributed by atoms with Crippen molar-refractivity contribution in [1.82, 2.24) is 14.7 Å². The molecule has 0 unspecified atom stereocenters. The quantitative estimate of drug-likeness (QED) is 0.640. The Morgan fingerprint density at radius 1 is 1.50 bits per heavy atom. The van der Waals surface area contributed by atoms with Gasteiger partial charge in [-0.3, -0.25) is 15.0 Å². The number of nitrogens with zero attached hydrogens (tertiary/aromatic N) is 4. The van der Waals surface area contributed by atoms with Crippen LogP contribution in [0.3, 0.4) is 0 Å². The van der Waals surface area contributed by atoms with Gasteiger partial charge in [0.1, 0.15) is 0 Å². The van der Waals surface area contributed by atoms with Crippen molar-refractivity contribution in [2.24, 2.45) is 0 Å². The van der Waals surface area contributed by atoms with Crippen LogP contribution in [-0.4, -0.2) is 33.2 Å². The van der Waals surface area contributed by atoms with Gasteiger partial charge < -0.3 is 4.74 Å².